The highest BCUT2D eigenvalue weighted by Gasteiger charge is 2.21. The van der Waals surface area contributed by atoms with Gasteiger partial charge in [-0.05, 0) is 49.2 Å². The molecule has 150 valence electrons. The van der Waals surface area contributed by atoms with Crippen LogP contribution in [0.4, 0.5) is 5.69 Å². The number of nitrogens with one attached hydrogen (secondary N) is 1. The highest BCUT2D eigenvalue weighted by Crippen LogP contribution is 2.23. The maximum absolute atomic E-state index is 12.7. The van der Waals surface area contributed by atoms with Crippen LogP contribution < -0.4 is 9.62 Å². The van der Waals surface area contributed by atoms with Crippen LogP contribution in [0.2, 0.25) is 0 Å². The molecule has 1 N–H and O–H groups in total. The predicted molar refractivity (Wildman–Crippen MR) is 112 cm³/mol. The number of carbonyl (C=O) groups is 1. The number of nitrogens with zero attached hydrogens (tertiary/aromatic N) is 1. The van der Waals surface area contributed by atoms with Crippen molar-refractivity contribution >= 4 is 21.6 Å². The van der Waals surface area contributed by atoms with E-state index in [2.05, 4.69) is 5.32 Å². The second-order valence-corrected chi connectivity index (χ2v) is 9.32. The Morgan fingerprint density at radius 2 is 1.46 bits per heavy atom. The Balaban J connectivity index is 1.68. The molecule has 1 saturated carbocycles. The van der Waals surface area contributed by atoms with Gasteiger partial charge in [0.25, 0.3) is 15.9 Å². The van der Waals surface area contributed by atoms with Gasteiger partial charge in [0, 0.05) is 18.7 Å². The number of amides is 1. The highest BCUT2D eigenvalue weighted by atomic mass is 32.2. The van der Waals surface area contributed by atoms with Gasteiger partial charge in [0.05, 0.1) is 10.6 Å². The van der Waals surface area contributed by atoms with Crippen LogP contribution in [0, 0.1) is 0 Å². The molecule has 6 heteroatoms. The monoisotopic (exact) mass is 400 g/mol. The van der Waals surface area contributed by atoms with Crippen LogP contribution in [0.15, 0.2) is 59.5 Å². The van der Waals surface area contributed by atoms with Crippen molar-refractivity contribution in [2.45, 2.75) is 55.9 Å². The van der Waals surface area contributed by atoms with Crippen molar-refractivity contribution < 1.29 is 13.2 Å². The van der Waals surface area contributed by atoms with Gasteiger partial charge in [0.15, 0.2) is 0 Å². The summed E-state index contributed by atoms with van der Waals surface area (Å²) >= 11 is 0. The van der Waals surface area contributed by atoms with Gasteiger partial charge in [-0.1, -0.05) is 50.3 Å². The first-order valence-corrected chi connectivity index (χ1v) is 11.4. The summed E-state index contributed by atoms with van der Waals surface area (Å²) in [6.45, 7) is 0. The van der Waals surface area contributed by atoms with Crippen molar-refractivity contribution in [1.29, 1.82) is 0 Å². The second kappa shape index (κ2) is 9.24. The van der Waals surface area contributed by atoms with Crippen LogP contribution in [0.1, 0.15) is 55.3 Å². The van der Waals surface area contributed by atoms with E-state index < -0.39 is 10.0 Å². The minimum atomic E-state index is -3.62. The summed E-state index contributed by atoms with van der Waals surface area (Å²) in [5.41, 5.74) is 1.07. The minimum Gasteiger partial charge on any atom is -0.349 e. The van der Waals surface area contributed by atoms with E-state index in [4.69, 9.17) is 0 Å². The predicted octanol–water partition coefficient (Wildman–Crippen LogP) is 4.35. The lowest BCUT2D eigenvalue weighted by molar-refractivity contribution is 0.0930. The first kappa shape index (κ1) is 20.4. The van der Waals surface area contributed by atoms with E-state index >= 15 is 0 Å². The number of benzene rings is 2. The lowest BCUT2D eigenvalue weighted by Crippen LogP contribution is -2.35. The zero-order valence-electron chi connectivity index (χ0n) is 16.3. The molecule has 0 saturated heterocycles. The van der Waals surface area contributed by atoms with Gasteiger partial charge in [-0.15, -0.1) is 0 Å². The molecule has 2 aromatic rings. The Bertz CT molecular complexity index is 872. The number of sulfonamides is 1. The second-order valence-electron chi connectivity index (χ2n) is 7.35. The zero-order valence-corrected chi connectivity index (χ0v) is 17.1. The van der Waals surface area contributed by atoms with Crippen LogP contribution in [0.5, 0.6) is 0 Å². The molecule has 1 fully saturated rings. The lowest BCUT2D eigenvalue weighted by atomic mass is 9.96. The van der Waals surface area contributed by atoms with Crippen LogP contribution in [0.3, 0.4) is 0 Å². The number of anilines is 1. The quantitative estimate of drug-likeness (QED) is 0.811. The van der Waals surface area contributed by atoms with E-state index in [0.717, 1.165) is 25.7 Å². The molecule has 0 heterocycles. The fourth-order valence-electron chi connectivity index (χ4n) is 3.58. The molecular formula is C22H28N2O3S. The normalized spacial score (nSPS) is 16.0. The zero-order chi connectivity index (χ0) is 20.0. The summed E-state index contributed by atoms with van der Waals surface area (Å²) in [4.78, 5) is 12.8. The number of carbonyl (C=O) groups excluding carboxylic acids is 1. The molecule has 0 atom stereocenters. The van der Waals surface area contributed by atoms with Crippen molar-refractivity contribution in [3.8, 4) is 0 Å². The summed E-state index contributed by atoms with van der Waals surface area (Å²) in [7, 11) is -2.10. The van der Waals surface area contributed by atoms with Gasteiger partial charge in [-0.3, -0.25) is 9.10 Å². The summed E-state index contributed by atoms with van der Waals surface area (Å²) in [5.74, 6) is -0.0920. The maximum atomic E-state index is 12.7. The molecule has 28 heavy (non-hydrogen) atoms. The lowest BCUT2D eigenvalue weighted by Gasteiger charge is -2.22. The van der Waals surface area contributed by atoms with Gasteiger partial charge in [0.1, 0.15) is 0 Å². The molecule has 1 aliphatic rings. The largest absolute Gasteiger partial charge is 0.349 e. The molecule has 0 unspecified atom stereocenters. The smallest absolute Gasteiger partial charge is 0.264 e. The molecule has 0 radical (unpaired) electrons. The van der Waals surface area contributed by atoms with Crippen LogP contribution in [0.25, 0.3) is 0 Å². The maximum Gasteiger partial charge on any atom is 0.264 e. The highest BCUT2D eigenvalue weighted by molar-refractivity contribution is 7.92. The molecule has 5 nitrogen and oxygen atoms in total. The summed E-state index contributed by atoms with van der Waals surface area (Å²) in [6, 6.07) is 15.3. The Kier molecular flexibility index (Phi) is 6.73. The van der Waals surface area contributed by atoms with E-state index in [0.29, 0.717) is 11.3 Å². The number of hydrogen-bond acceptors (Lipinski definition) is 3. The Labute approximate surface area is 167 Å². The van der Waals surface area contributed by atoms with Crippen LogP contribution in [-0.4, -0.2) is 27.4 Å². The Morgan fingerprint density at radius 1 is 0.893 bits per heavy atom. The van der Waals surface area contributed by atoms with Crippen LogP contribution >= 0.6 is 0 Å². The minimum absolute atomic E-state index is 0.0920. The molecular weight excluding hydrogens is 372 g/mol. The van der Waals surface area contributed by atoms with Crippen molar-refractivity contribution in [3.05, 3.63) is 60.2 Å². The Morgan fingerprint density at radius 3 is 2.07 bits per heavy atom. The third kappa shape index (κ3) is 4.93. The SMILES string of the molecule is CN(c1ccc(C(=O)NC2CCCCCCC2)cc1)S(=O)(=O)c1ccccc1. The third-order valence-electron chi connectivity index (χ3n) is 5.34. The van der Waals surface area contributed by atoms with Crippen molar-refractivity contribution in [1.82, 2.24) is 5.32 Å². The van der Waals surface area contributed by atoms with E-state index in [1.807, 2.05) is 0 Å². The number of hydrogen-bond donors (Lipinski definition) is 1. The van der Waals surface area contributed by atoms with Gasteiger partial charge in [-0.2, -0.15) is 0 Å². The number of rotatable bonds is 5. The Hall–Kier alpha value is -2.34. The molecule has 1 amide bonds. The van der Waals surface area contributed by atoms with E-state index in [1.54, 1.807) is 54.6 Å². The van der Waals surface area contributed by atoms with Crippen molar-refractivity contribution in [2.75, 3.05) is 11.4 Å². The van der Waals surface area contributed by atoms with Gasteiger partial charge < -0.3 is 5.32 Å². The standard InChI is InChI=1S/C22H28N2O3S/c1-24(28(26,27)21-12-8-5-9-13-21)20-16-14-18(15-17-20)22(25)23-19-10-6-3-2-4-7-11-19/h5,8-9,12-17,19H,2-4,6-7,10-11H2,1H3,(H,23,25). The molecule has 0 aromatic heterocycles. The van der Waals surface area contributed by atoms with E-state index in [9.17, 15) is 13.2 Å². The fraction of sp³-hybridized carbons (Fsp3) is 0.409. The summed E-state index contributed by atoms with van der Waals surface area (Å²) in [5, 5.41) is 3.14. The first-order chi connectivity index (χ1) is 13.5. The van der Waals surface area contributed by atoms with Crippen molar-refractivity contribution in [2.24, 2.45) is 0 Å². The first-order valence-electron chi connectivity index (χ1n) is 9.93. The molecule has 0 aliphatic heterocycles. The van der Waals surface area contributed by atoms with E-state index in [1.165, 1.54) is 30.6 Å². The van der Waals surface area contributed by atoms with Crippen LogP contribution in [-0.2, 0) is 10.0 Å². The van der Waals surface area contributed by atoms with Gasteiger partial charge in [0.2, 0.25) is 0 Å². The fourth-order valence-corrected chi connectivity index (χ4v) is 4.80. The molecule has 0 bridgehead atoms. The van der Waals surface area contributed by atoms with Gasteiger partial charge >= 0.3 is 0 Å². The summed E-state index contributed by atoms with van der Waals surface area (Å²) in [6.07, 6.45) is 8.15. The topological polar surface area (TPSA) is 66.5 Å². The van der Waals surface area contributed by atoms with Crippen molar-refractivity contribution in [3.63, 3.8) is 0 Å². The molecule has 0 spiro atoms. The van der Waals surface area contributed by atoms with Gasteiger partial charge in [-0.25, -0.2) is 8.42 Å². The molecule has 1 aliphatic carbocycles. The van der Waals surface area contributed by atoms with E-state index in [-0.39, 0.29) is 16.8 Å². The average molecular weight is 401 g/mol. The molecule has 2 aromatic carbocycles. The average Bonchev–Trinajstić information content (AvgIpc) is 2.70. The molecule has 3 rings (SSSR count). The summed E-state index contributed by atoms with van der Waals surface area (Å²) < 4.78 is 26.7. The third-order valence-corrected chi connectivity index (χ3v) is 7.13.